The molecule has 0 atom stereocenters. The highest BCUT2D eigenvalue weighted by Crippen LogP contribution is 2.32. The third-order valence-corrected chi connectivity index (χ3v) is 7.05. The fourth-order valence-corrected chi connectivity index (χ4v) is 5.24. The lowest BCUT2D eigenvalue weighted by Gasteiger charge is -2.11. The van der Waals surface area contributed by atoms with Crippen LogP contribution in [0.2, 0.25) is 5.02 Å². The second-order valence-corrected chi connectivity index (χ2v) is 9.32. The van der Waals surface area contributed by atoms with Crippen molar-refractivity contribution in [3.8, 4) is 11.5 Å². The molecule has 0 saturated heterocycles. The standard InChI is InChI=1S/C23H17ClFNO5S/c1-14-20(13-23(27)28)21-12-16(25)4-11-22(21)26(14)32(29,30)19-9-7-18(8-10-19)31-17-5-2-15(24)3-6-17/h2-12H,13H2,1H3,(H,27,28). The Morgan fingerprint density at radius 1 is 1.03 bits per heavy atom. The summed E-state index contributed by atoms with van der Waals surface area (Å²) in [5, 5.41) is 10.1. The van der Waals surface area contributed by atoms with E-state index in [1.54, 1.807) is 24.3 Å². The first-order chi connectivity index (χ1) is 15.2. The number of ether oxygens (including phenoxy) is 1. The number of rotatable bonds is 6. The highest BCUT2D eigenvalue weighted by atomic mass is 35.5. The number of fused-ring (bicyclic) bond motifs is 1. The average Bonchev–Trinajstić information content (AvgIpc) is 3.01. The van der Waals surface area contributed by atoms with Crippen molar-refractivity contribution in [2.75, 3.05) is 0 Å². The molecule has 4 rings (SSSR count). The maximum atomic E-state index is 13.8. The fourth-order valence-electron chi connectivity index (χ4n) is 3.53. The molecular formula is C23H17ClFNO5S. The van der Waals surface area contributed by atoms with Crippen molar-refractivity contribution < 1.29 is 27.4 Å². The largest absolute Gasteiger partial charge is 0.481 e. The lowest BCUT2D eigenvalue weighted by molar-refractivity contribution is -0.136. The van der Waals surface area contributed by atoms with E-state index < -0.39 is 28.2 Å². The van der Waals surface area contributed by atoms with Crippen LogP contribution in [-0.4, -0.2) is 23.5 Å². The Balaban J connectivity index is 1.75. The summed E-state index contributed by atoms with van der Waals surface area (Å²) in [4.78, 5) is 11.3. The normalized spacial score (nSPS) is 11.6. The van der Waals surface area contributed by atoms with Crippen molar-refractivity contribution in [3.05, 3.63) is 88.8 Å². The summed E-state index contributed by atoms with van der Waals surface area (Å²) >= 11 is 5.86. The Bertz CT molecular complexity index is 1430. The second kappa shape index (κ2) is 8.29. The molecule has 1 N–H and O–H groups in total. The van der Waals surface area contributed by atoms with Gasteiger partial charge in [-0.3, -0.25) is 4.79 Å². The van der Waals surface area contributed by atoms with Crippen molar-refractivity contribution in [1.29, 1.82) is 0 Å². The predicted molar refractivity (Wildman–Crippen MR) is 119 cm³/mol. The molecule has 4 aromatic rings. The van der Waals surface area contributed by atoms with Crippen molar-refractivity contribution >= 4 is 38.5 Å². The Hall–Kier alpha value is -3.36. The molecule has 32 heavy (non-hydrogen) atoms. The first-order valence-electron chi connectivity index (χ1n) is 9.47. The maximum Gasteiger partial charge on any atom is 0.307 e. The summed E-state index contributed by atoms with van der Waals surface area (Å²) < 4.78 is 47.4. The molecular weight excluding hydrogens is 457 g/mol. The van der Waals surface area contributed by atoms with Crippen LogP contribution in [0.25, 0.3) is 10.9 Å². The van der Waals surface area contributed by atoms with Crippen molar-refractivity contribution in [3.63, 3.8) is 0 Å². The molecule has 3 aromatic carbocycles. The molecule has 0 amide bonds. The van der Waals surface area contributed by atoms with Gasteiger partial charge in [0.15, 0.2) is 0 Å². The Labute approximate surface area is 188 Å². The van der Waals surface area contributed by atoms with Gasteiger partial charge in [0.05, 0.1) is 16.8 Å². The third-order valence-electron chi connectivity index (χ3n) is 4.98. The minimum Gasteiger partial charge on any atom is -0.481 e. The molecule has 0 aliphatic heterocycles. The van der Waals surface area contributed by atoms with E-state index in [0.29, 0.717) is 16.5 Å². The van der Waals surface area contributed by atoms with Gasteiger partial charge in [0.1, 0.15) is 17.3 Å². The van der Waals surface area contributed by atoms with E-state index >= 15 is 0 Å². The lowest BCUT2D eigenvalue weighted by atomic mass is 10.1. The van der Waals surface area contributed by atoms with E-state index in [-0.39, 0.29) is 27.1 Å². The number of aromatic nitrogens is 1. The van der Waals surface area contributed by atoms with E-state index in [9.17, 15) is 22.7 Å². The molecule has 1 heterocycles. The fraction of sp³-hybridized carbons (Fsp3) is 0.0870. The number of carboxylic acids is 1. The van der Waals surface area contributed by atoms with E-state index in [0.717, 1.165) is 16.1 Å². The van der Waals surface area contributed by atoms with Gasteiger partial charge in [0.2, 0.25) is 0 Å². The number of halogens is 2. The van der Waals surface area contributed by atoms with Gasteiger partial charge < -0.3 is 9.84 Å². The summed E-state index contributed by atoms with van der Waals surface area (Å²) in [5.74, 6) is -0.758. The van der Waals surface area contributed by atoms with Gasteiger partial charge in [0, 0.05) is 16.1 Å². The zero-order valence-corrected chi connectivity index (χ0v) is 18.3. The van der Waals surface area contributed by atoms with Crippen LogP contribution in [0.15, 0.2) is 71.6 Å². The van der Waals surface area contributed by atoms with Gasteiger partial charge in [0.25, 0.3) is 10.0 Å². The molecule has 0 aliphatic carbocycles. The Morgan fingerprint density at radius 3 is 2.22 bits per heavy atom. The number of hydrogen-bond donors (Lipinski definition) is 1. The first-order valence-corrected chi connectivity index (χ1v) is 11.3. The SMILES string of the molecule is Cc1c(CC(=O)O)c2cc(F)ccc2n1S(=O)(=O)c1ccc(Oc2ccc(Cl)cc2)cc1. The summed E-state index contributed by atoms with van der Waals surface area (Å²) in [7, 11) is -4.09. The Kier molecular flexibility index (Phi) is 5.66. The molecule has 0 radical (unpaired) electrons. The minimum absolute atomic E-state index is 0.0212. The number of benzene rings is 3. The molecule has 0 spiro atoms. The summed E-state index contributed by atoms with van der Waals surface area (Å²) in [5.41, 5.74) is 0.675. The molecule has 164 valence electrons. The number of carbonyl (C=O) groups is 1. The van der Waals surface area contributed by atoms with Gasteiger partial charge >= 0.3 is 5.97 Å². The zero-order chi connectivity index (χ0) is 23.0. The van der Waals surface area contributed by atoms with Crippen LogP contribution < -0.4 is 4.74 Å². The number of aliphatic carboxylic acids is 1. The topological polar surface area (TPSA) is 85.6 Å². The molecule has 9 heteroatoms. The minimum atomic E-state index is -4.09. The van der Waals surface area contributed by atoms with Crippen molar-refractivity contribution in [1.82, 2.24) is 3.97 Å². The van der Waals surface area contributed by atoms with E-state index in [4.69, 9.17) is 16.3 Å². The van der Waals surface area contributed by atoms with Crippen LogP contribution >= 0.6 is 11.6 Å². The summed E-state index contributed by atoms with van der Waals surface area (Å²) in [6.07, 6.45) is -0.428. The monoisotopic (exact) mass is 473 g/mol. The predicted octanol–water partition coefficient (Wildman–Crippen LogP) is 5.40. The lowest BCUT2D eigenvalue weighted by Crippen LogP contribution is -2.15. The maximum absolute atomic E-state index is 13.8. The summed E-state index contributed by atoms with van der Waals surface area (Å²) in [6.45, 7) is 1.51. The molecule has 6 nitrogen and oxygen atoms in total. The average molecular weight is 474 g/mol. The van der Waals surface area contributed by atoms with Crippen LogP contribution in [0.4, 0.5) is 4.39 Å². The van der Waals surface area contributed by atoms with Gasteiger partial charge in [-0.2, -0.15) is 0 Å². The molecule has 0 unspecified atom stereocenters. The molecule has 0 aliphatic rings. The van der Waals surface area contributed by atoms with Crippen LogP contribution in [0.3, 0.4) is 0 Å². The van der Waals surface area contributed by atoms with Crippen molar-refractivity contribution in [2.24, 2.45) is 0 Å². The zero-order valence-electron chi connectivity index (χ0n) is 16.7. The quantitative estimate of drug-likeness (QED) is 0.405. The highest BCUT2D eigenvalue weighted by molar-refractivity contribution is 7.90. The molecule has 1 aromatic heterocycles. The van der Waals surface area contributed by atoms with Gasteiger partial charge in [-0.1, -0.05) is 11.6 Å². The third kappa shape index (κ3) is 4.06. The first kappa shape index (κ1) is 21.9. The van der Waals surface area contributed by atoms with E-state index in [1.807, 2.05) is 0 Å². The van der Waals surface area contributed by atoms with Crippen LogP contribution in [0, 0.1) is 12.7 Å². The van der Waals surface area contributed by atoms with Crippen molar-refractivity contribution in [2.45, 2.75) is 18.2 Å². The van der Waals surface area contributed by atoms with Crippen LogP contribution in [0.1, 0.15) is 11.3 Å². The molecule has 0 bridgehead atoms. The van der Waals surface area contributed by atoms with Crippen LogP contribution in [-0.2, 0) is 21.2 Å². The van der Waals surface area contributed by atoms with E-state index in [1.165, 1.54) is 37.3 Å². The second-order valence-electron chi connectivity index (χ2n) is 7.09. The van der Waals surface area contributed by atoms with Gasteiger partial charge in [-0.05, 0) is 79.2 Å². The van der Waals surface area contributed by atoms with Crippen LogP contribution in [0.5, 0.6) is 11.5 Å². The number of hydrogen-bond acceptors (Lipinski definition) is 4. The highest BCUT2D eigenvalue weighted by Gasteiger charge is 2.26. The molecule has 0 fully saturated rings. The smallest absolute Gasteiger partial charge is 0.307 e. The van der Waals surface area contributed by atoms with Gasteiger partial charge in [-0.15, -0.1) is 0 Å². The summed E-state index contributed by atoms with van der Waals surface area (Å²) in [6, 6.07) is 16.2. The van der Waals surface area contributed by atoms with Gasteiger partial charge in [-0.25, -0.2) is 16.8 Å². The van der Waals surface area contributed by atoms with E-state index in [2.05, 4.69) is 0 Å². The number of nitrogens with zero attached hydrogens (tertiary/aromatic N) is 1. The Morgan fingerprint density at radius 2 is 1.62 bits per heavy atom. The molecule has 0 saturated carbocycles. The number of carboxylic acid groups (broad SMARTS) is 1.